The molecule has 0 aromatic heterocycles. The fourth-order valence-electron chi connectivity index (χ4n) is 3.09. The Bertz CT molecular complexity index is 222. The predicted octanol–water partition coefficient (Wildman–Crippen LogP) is 2.25. The summed E-state index contributed by atoms with van der Waals surface area (Å²) in [4.78, 5) is 2.47. The molecular weight excluding hydrogens is 212 g/mol. The molecule has 3 unspecified atom stereocenters. The van der Waals surface area contributed by atoms with Crippen LogP contribution in [0, 0.1) is 5.92 Å². The van der Waals surface area contributed by atoms with E-state index in [1.54, 1.807) is 7.11 Å². The van der Waals surface area contributed by atoms with Gasteiger partial charge in [-0.3, -0.25) is 4.90 Å². The highest BCUT2D eigenvalue weighted by molar-refractivity contribution is 4.94. The minimum absolute atomic E-state index is 0.197. The van der Waals surface area contributed by atoms with E-state index in [0.717, 1.165) is 19.1 Å². The lowest BCUT2D eigenvalue weighted by Crippen LogP contribution is -2.56. The van der Waals surface area contributed by atoms with E-state index in [1.165, 1.54) is 32.1 Å². The fourth-order valence-corrected chi connectivity index (χ4v) is 3.09. The predicted molar refractivity (Wildman–Crippen MR) is 73.1 cm³/mol. The molecule has 0 amide bonds. The van der Waals surface area contributed by atoms with Gasteiger partial charge in [0.15, 0.2) is 0 Å². The monoisotopic (exact) mass is 242 g/mol. The summed E-state index contributed by atoms with van der Waals surface area (Å²) in [5.41, 5.74) is 6.30. The second kappa shape index (κ2) is 6.72. The molecule has 2 N–H and O–H groups in total. The van der Waals surface area contributed by atoms with Gasteiger partial charge in [-0.1, -0.05) is 19.8 Å². The van der Waals surface area contributed by atoms with E-state index in [0.29, 0.717) is 6.04 Å². The lowest BCUT2D eigenvalue weighted by atomic mass is 9.87. The third-order valence-corrected chi connectivity index (χ3v) is 4.64. The van der Waals surface area contributed by atoms with Gasteiger partial charge in [0.05, 0.1) is 6.61 Å². The van der Waals surface area contributed by atoms with Crippen LogP contribution in [0.25, 0.3) is 0 Å². The van der Waals surface area contributed by atoms with Crippen molar-refractivity contribution >= 4 is 0 Å². The van der Waals surface area contributed by atoms with Crippen LogP contribution < -0.4 is 5.73 Å². The van der Waals surface area contributed by atoms with Crippen LogP contribution in [0.4, 0.5) is 0 Å². The number of nitrogens with zero attached hydrogens (tertiary/aromatic N) is 1. The highest BCUT2D eigenvalue weighted by Crippen LogP contribution is 2.34. The van der Waals surface area contributed by atoms with E-state index < -0.39 is 0 Å². The molecule has 1 aliphatic rings. The molecule has 3 atom stereocenters. The highest BCUT2D eigenvalue weighted by atomic mass is 16.5. The molecule has 0 aliphatic heterocycles. The Morgan fingerprint density at radius 1 is 1.41 bits per heavy atom. The lowest BCUT2D eigenvalue weighted by molar-refractivity contribution is 0.0282. The zero-order valence-corrected chi connectivity index (χ0v) is 12.0. The van der Waals surface area contributed by atoms with Crippen molar-refractivity contribution in [1.29, 1.82) is 0 Å². The topological polar surface area (TPSA) is 38.5 Å². The van der Waals surface area contributed by atoms with Crippen molar-refractivity contribution in [3.8, 4) is 0 Å². The number of ether oxygens (including phenoxy) is 1. The maximum Gasteiger partial charge on any atom is 0.0615 e. The van der Waals surface area contributed by atoms with Crippen molar-refractivity contribution in [3.05, 3.63) is 0 Å². The number of hydrogen-bond donors (Lipinski definition) is 1. The Kier molecular flexibility index (Phi) is 5.90. The van der Waals surface area contributed by atoms with Gasteiger partial charge in [-0.05, 0) is 39.2 Å². The Balaban J connectivity index is 2.71. The zero-order valence-electron chi connectivity index (χ0n) is 12.0. The van der Waals surface area contributed by atoms with E-state index >= 15 is 0 Å². The highest BCUT2D eigenvalue weighted by Gasteiger charge is 2.36. The molecule has 17 heavy (non-hydrogen) atoms. The summed E-state index contributed by atoms with van der Waals surface area (Å²) < 4.78 is 5.27. The third kappa shape index (κ3) is 3.67. The maximum absolute atomic E-state index is 6.11. The minimum atomic E-state index is 0.197. The molecule has 102 valence electrons. The van der Waals surface area contributed by atoms with E-state index in [1.807, 2.05) is 0 Å². The lowest BCUT2D eigenvalue weighted by Gasteiger charge is -2.44. The molecule has 1 aliphatic carbocycles. The zero-order chi connectivity index (χ0) is 12.9. The molecule has 3 heteroatoms. The molecule has 0 spiro atoms. The van der Waals surface area contributed by atoms with Crippen LogP contribution in [0.1, 0.15) is 46.0 Å². The standard InChI is InChI=1S/C14H30N2O/c1-12-6-5-8-14(11-15,9-7-12)16(3)13(2)10-17-4/h12-13H,5-11,15H2,1-4H3. The van der Waals surface area contributed by atoms with Gasteiger partial charge in [0.1, 0.15) is 0 Å². The SMILES string of the molecule is COCC(C)N(C)C1(CN)CCCC(C)CC1. The Morgan fingerprint density at radius 3 is 2.71 bits per heavy atom. The molecule has 1 rings (SSSR count). The Morgan fingerprint density at radius 2 is 2.12 bits per heavy atom. The maximum atomic E-state index is 6.11. The molecule has 0 saturated heterocycles. The van der Waals surface area contributed by atoms with E-state index in [2.05, 4.69) is 25.8 Å². The van der Waals surface area contributed by atoms with Crippen LogP contribution in [0.15, 0.2) is 0 Å². The molecule has 0 aromatic carbocycles. The molecule has 1 fully saturated rings. The molecule has 0 heterocycles. The summed E-state index contributed by atoms with van der Waals surface area (Å²) >= 11 is 0. The third-order valence-electron chi connectivity index (χ3n) is 4.64. The van der Waals surface area contributed by atoms with Crippen molar-refractivity contribution in [3.63, 3.8) is 0 Å². The molecule has 3 nitrogen and oxygen atoms in total. The van der Waals surface area contributed by atoms with Crippen LogP contribution in [-0.2, 0) is 4.74 Å². The van der Waals surface area contributed by atoms with E-state index in [-0.39, 0.29) is 5.54 Å². The second-order valence-corrected chi connectivity index (χ2v) is 5.88. The smallest absolute Gasteiger partial charge is 0.0615 e. The number of nitrogens with two attached hydrogens (primary N) is 1. The summed E-state index contributed by atoms with van der Waals surface area (Å²) in [5.74, 6) is 0.856. The van der Waals surface area contributed by atoms with Gasteiger partial charge >= 0.3 is 0 Å². The van der Waals surface area contributed by atoms with E-state index in [4.69, 9.17) is 10.5 Å². The Hall–Kier alpha value is -0.120. The van der Waals surface area contributed by atoms with Gasteiger partial charge in [-0.25, -0.2) is 0 Å². The first kappa shape index (κ1) is 14.9. The summed E-state index contributed by atoms with van der Waals surface area (Å²) in [6, 6.07) is 0.442. The van der Waals surface area contributed by atoms with Crippen molar-refractivity contribution in [2.75, 3.05) is 27.3 Å². The van der Waals surface area contributed by atoms with Gasteiger partial charge in [-0.15, -0.1) is 0 Å². The quantitative estimate of drug-likeness (QED) is 0.752. The summed E-state index contributed by atoms with van der Waals surface area (Å²) in [7, 11) is 3.99. The Labute approximate surface area is 107 Å². The van der Waals surface area contributed by atoms with Crippen LogP contribution >= 0.6 is 0 Å². The van der Waals surface area contributed by atoms with Gasteiger partial charge < -0.3 is 10.5 Å². The average Bonchev–Trinajstić information content (AvgIpc) is 2.51. The first-order valence-corrected chi connectivity index (χ1v) is 6.97. The molecule has 0 radical (unpaired) electrons. The van der Waals surface area contributed by atoms with Crippen molar-refractivity contribution in [1.82, 2.24) is 4.90 Å². The van der Waals surface area contributed by atoms with Gasteiger partial charge in [0.2, 0.25) is 0 Å². The molecule has 0 bridgehead atoms. The van der Waals surface area contributed by atoms with Crippen LogP contribution in [0.5, 0.6) is 0 Å². The number of rotatable bonds is 5. The summed E-state index contributed by atoms with van der Waals surface area (Å²) in [5, 5.41) is 0. The van der Waals surface area contributed by atoms with E-state index in [9.17, 15) is 0 Å². The van der Waals surface area contributed by atoms with Crippen LogP contribution in [0.3, 0.4) is 0 Å². The fraction of sp³-hybridized carbons (Fsp3) is 1.00. The largest absolute Gasteiger partial charge is 0.383 e. The molecular formula is C14H30N2O. The molecule has 1 saturated carbocycles. The number of likely N-dealkylation sites (N-methyl/N-ethyl adjacent to an activating group) is 1. The van der Waals surface area contributed by atoms with Crippen molar-refractivity contribution in [2.24, 2.45) is 11.7 Å². The second-order valence-electron chi connectivity index (χ2n) is 5.88. The van der Waals surface area contributed by atoms with Gasteiger partial charge in [0.25, 0.3) is 0 Å². The first-order chi connectivity index (χ1) is 8.05. The minimum Gasteiger partial charge on any atom is -0.383 e. The van der Waals surface area contributed by atoms with Crippen LogP contribution in [0.2, 0.25) is 0 Å². The first-order valence-electron chi connectivity index (χ1n) is 6.97. The molecule has 0 aromatic rings. The van der Waals surface area contributed by atoms with Crippen LogP contribution in [-0.4, -0.2) is 43.8 Å². The normalized spacial score (nSPS) is 32.5. The summed E-state index contributed by atoms with van der Waals surface area (Å²) in [6.07, 6.45) is 6.44. The average molecular weight is 242 g/mol. The van der Waals surface area contributed by atoms with Crippen molar-refractivity contribution < 1.29 is 4.74 Å². The van der Waals surface area contributed by atoms with Gasteiger partial charge in [-0.2, -0.15) is 0 Å². The summed E-state index contributed by atoms with van der Waals surface area (Å²) in [6.45, 7) is 6.15. The van der Waals surface area contributed by atoms with Crippen molar-refractivity contribution in [2.45, 2.75) is 57.5 Å². The number of methoxy groups -OCH3 is 1. The van der Waals surface area contributed by atoms with Gasteiger partial charge in [0, 0.05) is 25.2 Å². The number of hydrogen-bond acceptors (Lipinski definition) is 3.